The zero-order valence-electron chi connectivity index (χ0n) is 63.7. The Kier molecular flexibility index (Phi) is 32.6. The summed E-state index contributed by atoms with van der Waals surface area (Å²) in [7, 11) is 0. The Bertz CT molecular complexity index is 3500. The van der Waals surface area contributed by atoms with Crippen LogP contribution in [-0.2, 0) is 30.1 Å². The first-order valence-corrected chi connectivity index (χ1v) is 39.1. The van der Waals surface area contributed by atoms with E-state index in [4.69, 9.17) is 0 Å². The highest BCUT2D eigenvalue weighted by atomic mass is 15.1. The van der Waals surface area contributed by atoms with Crippen LogP contribution in [0.25, 0.3) is 11.1 Å². The van der Waals surface area contributed by atoms with Gasteiger partial charge in [0.15, 0.2) is 0 Å². The maximum atomic E-state index is 4.43. The van der Waals surface area contributed by atoms with Crippen LogP contribution in [0, 0.1) is 0 Å². The Balaban J connectivity index is 0.00000236. The molecule has 2 nitrogen and oxygen atoms in total. The van der Waals surface area contributed by atoms with Gasteiger partial charge in [0.05, 0.1) is 0 Å². The third kappa shape index (κ3) is 18.4. The Morgan fingerprint density at radius 1 is 0.385 bits per heavy atom. The van der Waals surface area contributed by atoms with Crippen LogP contribution in [0.1, 0.15) is 319 Å². The highest BCUT2D eigenvalue weighted by Gasteiger charge is 2.41. The fraction of sp³-hybridized carbons (Fsp3) is 0.468. The fourth-order valence-corrected chi connectivity index (χ4v) is 15.7. The quantitative estimate of drug-likeness (QED) is 0.0285. The number of allylic oxidation sites excluding steroid dienone is 1. The van der Waals surface area contributed by atoms with Crippen LogP contribution in [0.2, 0.25) is 0 Å². The monoisotopic (exact) mass is 1290 g/mol. The standard InChI is InChI=1S/C88H112N2.3C2H6/c1-13-22-24-26-28-32-40-70-42-38-47-79(65(10)16-4)85(70)87(18-6,19-7)84-61-59-78(64-81(84)67(12)39-15-3)90(74-45-36-31-37-46-74)76-56-52-69(53-57-76)68-50-54-75(55-51-68)89(73-43-34-30-35-44-73)77-58-60-83(80(63-77)66(11)17-5)88(20-8,21-9)86-71(48-49-72-62-82(72)86)41-33-29-27-25-23-14-2;3*1-2/h17,30-31,34-38,42-61,63-67H,5,13-16,18-29,32-33,39-41,62H2,1-4,6-12H3;3*1-2H3/t65-,66?,67+;;;/m0.../s1. The molecule has 0 N–H and O–H groups in total. The van der Waals surface area contributed by atoms with Crippen molar-refractivity contribution in [2.24, 2.45) is 0 Å². The van der Waals surface area contributed by atoms with Crippen molar-refractivity contribution in [2.75, 3.05) is 9.80 Å². The van der Waals surface area contributed by atoms with Crippen molar-refractivity contribution in [3.05, 3.63) is 250 Å². The molecule has 8 aromatic rings. The van der Waals surface area contributed by atoms with Gasteiger partial charge in [0.25, 0.3) is 0 Å². The lowest BCUT2D eigenvalue weighted by Crippen LogP contribution is -2.31. The van der Waals surface area contributed by atoms with E-state index < -0.39 is 0 Å². The van der Waals surface area contributed by atoms with Gasteiger partial charge in [0, 0.05) is 45.0 Å². The van der Waals surface area contributed by atoms with Gasteiger partial charge in [0.1, 0.15) is 0 Å². The second-order valence-electron chi connectivity index (χ2n) is 26.9. The number of benzene rings is 8. The number of anilines is 6. The van der Waals surface area contributed by atoms with Crippen molar-refractivity contribution in [3.8, 4) is 11.1 Å². The van der Waals surface area contributed by atoms with E-state index in [1.807, 2.05) is 41.5 Å². The third-order valence-corrected chi connectivity index (χ3v) is 21.4. The predicted molar refractivity (Wildman–Crippen MR) is 429 cm³/mol. The highest BCUT2D eigenvalue weighted by molar-refractivity contribution is 5.82. The van der Waals surface area contributed by atoms with Crippen LogP contribution in [0.5, 0.6) is 0 Å². The van der Waals surface area contributed by atoms with Gasteiger partial charge in [-0.1, -0.05) is 298 Å². The maximum absolute atomic E-state index is 4.43. The Hall–Kier alpha value is -6.90. The molecule has 0 aromatic heterocycles. The number of hydrogen-bond acceptors (Lipinski definition) is 2. The van der Waals surface area contributed by atoms with E-state index in [0.717, 1.165) is 87.0 Å². The SMILES string of the molecule is C=CC(C)c1cc(N(c2ccccc2)c2ccc(-c3ccc(N(c4ccccc4)c4ccc(C(CC)(CC)c5c(CCCCCCCC)cccc5[C@@H](C)CC)c([C@H](C)CCC)c4)cc3)cc2)ccc1C(CC)(CC)c1c(CCCCCCCC)ccc2c1C2.CC.CC.CC. The Morgan fingerprint density at radius 2 is 0.802 bits per heavy atom. The first-order chi connectivity index (χ1) is 47.0. The van der Waals surface area contributed by atoms with Gasteiger partial charge in [-0.05, 0) is 234 Å². The summed E-state index contributed by atoms with van der Waals surface area (Å²) in [5.41, 5.74) is 26.2. The molecule has 0 heterocycles. The Labute approximate surface area is 588 Å². The van der Waals surface area contributed by atoms with Gasteiger partial charge in [-0.15, -0.1) is 6.58 Å². The number of para-hydroxylation sites is 2. The second kappa shape index (κ2) is 40.1. The number of nitrogens with zero attached hydrogens (tertiary/aromatic N) is 2. The molecule has 9 rings (SSSR count). The molecule has 0 saturated heterocycles. The highest BCUT2D eigenvalue weighted by Crippen LogP contribution is 2.53. The number of unbranched alkanes of at least 4 members (excludes halogenated alkanes) is 10. The third-order valence-electron chi connectivity index (χ3n) is 21.4. The van der Waals surface area contributed by atoms with Crippen LogP contribution < -0.4 is 9.80 Å². The zero-order chi connectivity index (χ0) is 69.6. The van der Waals surface area contributed by atoms with Gasteiger partial charge >= 0.3 is 0 Å². The molecule has 0 radical (unpaired) electrons. The molecular formula is C94H130N2. The minimum absolute atomic E-state index is 0.0775. The largest absolute Gasteiger partial charge is 0.310 e. The summed E-state index contributed by atoms with van der Waals surface area (Å²) in [4.78, 5) is 4.94. The van der Waals surface area contributed by atoms with Crippen molar-refractivity contribution < 1.29 is 0 Å². The molecule has 516 valence electrons. The normalized spacial score (nSPS) is 12.6. The number of rotatable bonds is 36. The lowest BCUT2D eigenvalue weighted by molar-refractivity contribution is 0.455. The molecule has 1 aliphatic carbocycles. The second-order valence-corrected chi connectivity index (χ2v) is 26.9. The molecule has 96 heavy (non-hydrogen) atoms. The van der Waals surface area contributed by atoms with Gasteiger partial charge in [-0.3, -0.25) is 0 Å². The first kappa shape index (κ1) is 78.1. The summed E-state index contributed by atoms with van der Waals surface area (Å²) in [6, 6.07) is 67.9. The first-order valence-electron chi connectivity index (χ1n) is 39.1. The molecule has 1 aliphatic rings. The lowest BCUT2D eigenvalue weighted by atomic mass is 9.63. The molecule has 0 fully saturated rings. The minimum Gasteiger partial charge on any atom is -0.310 e. The van der Waals surface area contributed by atoms with Gasteiger partial charge in [0.2, 0.25) is 0 Å². The van der Waals surface area contributed by atoms with E-state index in [-0.39, 0.29) is 16.7 Å². The number of hydrogen-bond donors (Lipinski definition) is 0. The molecule has 0 aliphatic heterocycles. The molecule has 8 aromatic carbocycles. The average molecular weight is 1290 g/mol. The van der Waals surface area contributed by atoms with Gasteiger partial charge in [-0.2, -0.15) is 0 Å². The molecule has 3 atom stereocenters. The lowest BCUT2D eigenvalue weighted by Gasteiger charge is -2.41. The number of aryl methyl sites for hydroxylation is 2. The number of fused-ring (bicyclic) bond motifs is 1. The molecular weight excluding hydrogens is 1160 g/mol. The van der Waals surface area contributed by atoms with Crippen molar-refractivity contribution in [1.82, 2.24) is 0 Å². The minimum atomic E-state index is -0.102. The van der Waals surface area contributed by atoms with Crippen molar-refractivity contribution in [2.45, 2.75) is 288 Å². The van der Waals surface area contributed by atoms with Gasteiger partial charge < -0.3 is 9.80 Å². The van der Waals surface area contributed by atoms with Crippen LogP contribution in [0.15, 0.2) is 189 Å². The summed E-state index contributed by atoms with van der Waals surface area (Å²) in [6.45, 7) is 42.9. The summed E-state index contributed by atoms with van der Waals surface area (Å²) in [5.74, 6) is 1.07. The predicted octanol–water partition coefficient (Wildman–Crippen LogP) is 30.0. The molecule has 0 amide bonds. The summed E-state index contributed by atoms with van der Waals surface area (Å²) in [6.07, 6.45) is 29.1. The molecule has 0 spiro atoms. The molecule has 0 saturated carbocycles. The molecule has 1 unspecified atom stereocenters. The topological polar surface area (TPSA) is 6.48 Å². The molecule has 0 bridgehead atoms. The van der Waals surface area contributed by atoms with E-state index in [1.165, 1.54) is 122 Å². The van der Waals surface area contributed by atoms with Crippen molar-refractivity contribution in [3.63, 3.8) is 0 Å². The van der Waals surface area contributed by atoms with E-state index in [2.05, 4.69) is 275 Å². The smallest absolute Gasteiger partial charge is 0.0464 e. The van der Waals surface area contributed by atoms with Crippen molar-refractivity contribution >= 4 is 34.1 Å². The van der Waals surface area contributed by atoms with E-state index in [9.17, 15) is 0 Å². The van der Waals surface area contributed by atoms with Crippen LogP contribution in [0.4, 0.5) is 34.1 Å². The summed E-state index contributed by atoms with van der Waals surface area (Å²) >= 11 is 0. The van der Waals surface area contributed by atoms with E-state index in [0.29, 0.717) is 11.8 Å². The molecule has 2 heteroatoms. The summed E-state index contributed by atoms with van der Waals surface area (Å²) < 4.78 is 0. The Morgan fingerprint density at radius 3 is 1.25 bits per heavy atom. The fourth-order valence-electron chi connectivity index (χ4n) is 15.7. The van der Waals surface area contributed by atoms with E-state index in [1.54, 1.807) is 38.9 Å². The van der Waals surface area contributed by atoms with Gasteiger partial charge in [-0.25, -0.2) is 0 Å². The zero-order valence-corrected chi connectivity index (χ0v) is 63.7. The summed E-state index contributed by atoms with van der Waals surface area (Å²) in [5, 5.41) is 0. The average Bonchev–Trinajstić information content (AvgIpc) is 1.35. The van der Waals surface area contributed by atoms with E-state index >= 15 is 0 Å². The van der Waals surface area contributed by atoms with Crippen LogP contribution in [-0.4, -0.2) is 0 Å². The maximum Gasteiger partial charge on any atom is 0.0464 e. The van der Waals surface area contributed by atoms with Crippen molar-refractivity contribution in [1.29, 1.82) is 0 Å². The van der Waals surface area contributed by atoms with Crippen LogP contribution >= 0.6 is 0 Å². The van der Waals surface area contributed by atoms with Crippen LogP contribution in [0.3, 0.4) is 0 Å².